The van der Waals surface area contributed by atoms with Crippen LogP contribution in [-0.2, 0) is 0 Å². The fourth-order valence-corrected chi connectivity index (χ4v) is 2.40. The molecule has 0 fully saturated rings. The van der Waals surface area contributed by atoms with E-state index >= 15 is 0 Å². The average Bonchev–Trinajstić information content (AvgIpc) is 2.74. The minimum Gasteiger partial charge on any atom is -0.350 e. The molecule has 96 valence electrons. The van der Waals surface area contributed by atoms with E-state index in [0.717, 1.165) is 23.4 Å². The normalized spacial score (nSPS) is 12.8. The Morgan fingerprint density at radius 3 is 2.82 bits per heavy atom. The van der Waals surface area contributed by atoms with Crippen molar-refractivity contribution in [2.45, 2.75) is 33.2 Å². The summed E-state index contributed by atoms with van der Waals surface area (Å²) in [6.45, 7) is 7.94. The van der Waals surface area contributed by atoms with Crippen LogP contribution in [0.1, 0.15) is 35.5 Å². The van der Waals surface area contributed by atoms with Gasteiger partial charge in [0.05, 0.1) is 4.88 Å². The molecule has 1 atom stereocenters. The summed E-state index contributed by atoms with van der Waals surface area (Å²) < 4.78 is 0. The van der Waals surface area contributed by atoms with E-state index in [2.05, 4.69) is 31.1 Å². The summed E-state index contributed by atoms with van der Waals surface area (Å²) in [4.78, 5) is 14.9. The molecule has 0 aliphatic rings. The molecule has 0 saturated carbocycles. The van der Waals surface area contributed by atoms with Crippen molar-refractivity contribution in [3.8, 4) is 0 Å². The van der Waals surface area contributed by atoms with Crippen LogP contribution in [0, 0.1) is 6.92 Å². The zero-order valence-corrected chi connectivity index (χ0v) is 11.9. The summed E-state index contributed by atoms with van der Waals surface area (Å²) in [5.74, 6) is 0.0510. The number of hydrogen-bond acceptors (Lipinski definition) is 3. The van der Waals surface area contributed by atoms with Crippen LogP contribution in [0.3, 0.4) is 0 Å². The fourth-order valence-electron chi connectivity index (χ4n) is 1.56. The van der Waals surface area contributed by atoms with E-state index in [1.807, 2.05) is 18.4 Å². The van der Waals surface area contributed by atoms with E-state index in [4.69, 9.17) is 0 Å². The van der Waals surface area contributed by atoms with Gasteiger partial charge in [0.2, 0.25) is 0 Å². The highest BCUT2D eigenvalue weighted by molar-refractivity contribution is 7.12. The second-order valence-electron chi connectivity index (χ2n) is 4.43. The fraction of sp³-hybridized carbons (Fsp3) is 0.615. The summed E-state index contributed by atoms with van der Waals surface area (Å²) in [6, 6.07) is 2.54. The predicted octanol–water partition coefficient (Wildman–Crippen LogP) is 2.52. The Kier molecular flexibility index (Phi) is 5.65. The van der Waals surface area contributed by atoms with Gasteiger partial charge in [-0.2, -0.15) is 0 Å². The van der Waals surface area contributed by atoms with E-state index in [-0.39, 0.29) is 5.91 Å². The van der Waals surface area contributed by atoms with E-state index in [1.165, 1.54) is 11.3 Å². The first-order valence-electron chi connectivity index (χ1n) is 6.08. The average molecular weight is 254 g/mol. The molecule has 0 aromatic carbocycles. The van der Waals surface area contributed by atoms with Crippen molar-refractivity contribution >= 4 is 17.2 Å². The van der Waals surface area contributed by atoms with Crippen molar-refractivity contribution in [1.82, 2.24) is 10.2 Å². The maximum absolute atomic E-state index is 11.8. The van der Waals surface area contributed by atoms with Crippen LogP contribution in [0.15, 0.2) is 11.4 Å². The maximum Gasteiger partial charge on any atom is 0.261 e. The molecular formula is C13H22N2OS. The van der Waals surface area contributed by atoms with E-state index < -0.39 is 0 Å². The van der Waals surface area contributed by atoms with Crippen molar-refractivity contribution < 1.29 is 4.79 Å². The minimum atomic E-state index is 0.0510. The molecule has 0 aliphatic heterocycles. The molecule has 4 heteroatoms. The third-order valence-electron chi connectivity index (χ3n) is 3.16. The molecule has 0 bridgehead atoms. The van der Waals surface area contributed by atoms with E-state index in [1.54, 1.807) is 0 Å². The first-order valence-corrected chi connectivity index (χ1v) is 6.96. The van der Waals surface area contributed by atoms with Gasteiger partial charge < -0.3 is 10.2 Å². The van der Waals surface area contributed by atoms with Gasteiger partial charge in [-0.15, -0.1) is 11.3 Å². The van der Waals surface area contributed by atoms with Crippen LogP contribution in [-0.4, -0.2) is 37.0 Å². The highest BCUT2D eigenvalue weighted by atomic mass is 32.1. The van der Waals surface area contributed by atoms with Crippen LogP contribution in [0.25, 0.3) is 0 Å². The number of thiophene rings is 1. The molecule has 3 nitrogen and oxygen atoms in total. The summed E-state index contributed by atoms with van der Waals surface area (Å²) in [6.07, 6.45) is 1.13. The van der Waals surface area contributed by atoms with Crippen LogP contribution in [0.2, 0.25) is 0 Å². The highest BCUT2D eigenvalue weighted by Gasteiger charge is 2.11. The van der Waals surface area contributed by atoms with Crippen LogP contribution in [0.5, 0.6) is 0 Å². The second-order valence-corrected chi connectivity index (χ2v) is 5.34. The van der Waals surface area contributed by atoms with Crippen molar-refractivity contribution in [2.75, 3.05) is 20.1 Å². The molecule has 0 radical (unpaired) electrons. The first kappa shape index (κ1) is 14.2. The topological polar surface area (TPSA) is 32.3 Å². The summed E-state index contributed by atoms with van der Waals surface area (Å²) in [7, 11) is 2.09. The number of hydrogen-bond donors (Lipinski definition) is 1. The van der Waals surface area contributed by atoms with E-state index in [9.17, 15) is 4.79 Å². The van der Waals surface area contributed by atoms with Crippen LogP contribution >= 0.6 is 11.3 Å². The molecular weight excluding hydrogens is 232 g/mol. The molecule has 1 rings (SSSR count). The Bertz CT molecular complexity index is 362. The lowest BCUT2D eigenvalue weighted by atomic mass is 10.2. The Morgan fingerprint density at radius 1 is 1.59 bits per heavy atom. The second kappa shape index (κ2) is 6.77. The minimum absolute atomic E-state index is 0.0510. The molecule has 1 amide bonds. The smallest absolute Gasteiger partial charge is 0.261 e. The quantitative estimate of drug-likeness (QED) is 0.846. The van der Waals surface area contributed by atoms with Crippen molar-refractivity contribution in [3.05, 3.63) is 21.9 Å². The zero-order chi connectivity index (χ0) is 12.8. The predicted molar refractivity (Wildman–Crippen MR) is 73.8 cm³/mol. The molecule has 1 aromatic rings. The number of carbonyl (C=O) groups excluding carboxylic acids is 1. The summed E-state index contributed by atoms with van der Waals surface area (Å²) in [5, 5.41) is 4.92. The van der Waals surface area contributed by atoms with Gasteiger partial charge in [0.25, 0.3) is 5.91 Å². The lowest BCUT2D eigenvalue weighted by molar-refractivity contribution is 0.0951. The van der Waals surface area contributed by atoms with Crippen LogP contribution < -0.4 is 5.32 Å². The van der Waals surface area contributed by atoms with Crippen molar-refractivity contribution in [3.63, 3.8) is 0 Å². The largest absolute Gasteiger partial charge is 0.350 e. The van der Waals surface area contributed by atoms with Gasteiger partial charge >= 0.3 is 0 Å². The summed E-state index contributed by atoms with van der Waals surface area (Å²) in [5.41, 5.74) is 1.06. The number of nitrogens with one attached hydrogen (secondary N) is 1. The lowest BCUT2D eigenvalue weighted by Crippen LogP contribution is -2.37. The third-order valence-corrected chi connectivity index (χ3v) is 4.18. The number of carbonyl (C=O) groups is 1. The molecule has 1 aromatic heterocycles. The number of nitrogens with zero attached hydrogens (tertiary/aromatic N) is 1. The molecule has 1 heterocycles. The Labute approximate surface area is 108 Å². The first-order chi connectivity index (χ1) is 8.06. The number of likely N-dealkylation sites (N-methyl/N-ethyl adjacent to an activating group) is 1. The SMILES string of the molecule is CC[C@@H](C)N(C)CCNC(=O)c1sccc1C. The zero-order valence-electron chi connectivity index (χ0n) is 11.1. The maximum atomic E-state index is 11.8. The highest BCUT2D eigenvalue weighted by Crippen LogP contribution is 2.14. The Hall–Kier alpha value is -0.870. The van der Waals surface area contributed by atoms with Gasteiger partial charge in [-0.3, -0.25) is 4.79 Å². The molecule has 0 spiro atoms. The van der Waals surface area contributed by atoms with E-state index in [0.29, 0.717) is 12.6 Å². The number of aryl methyl sites for hydroxylation is 1. The van der Waals surface area contributed by atoms with Gasteiger partial charge in [0, 0.05) is 19.1 Å². The molecule has 0 aliphatic carbocycles. The Balaban J connectivity index is 2.32. The van der Waals surface area contributed by atoms with Gasteiger partial charge in [-0.05, 0) is 44.3 Å². The lowest BCUT2D eigenvalue weighted by Gasteiger charge is -2.23. The van der Waals surface area contributed by atoms with Crippen LogP contribution in [0.4, 0.5) is 0 Å². The number of rotatable bonds is 6. The summed E-state index contributed by atoms with van der Waals surface area (Å²) >= 11 is 1.50. The van der Waals surface area contributed by atoms with Gasteiger partial charge in [-0.1, -0.05) is 6.92 Å². The monoisotopic (exact) mass is 254 g/mol. The molecule has 17 heavy (non-hydrogen) atoms. The van der Waals surface area contributed by atoms with Gasteiger partial charge in [-0.25, -0.2) is 0 Å². The Morgan fingerprint density at radius 2 is 2.29 bits per heavy atom. The molecule has 0 saturated heterocycles. The van der Waals surface area contributed by atoms with Gasteiger partial charge in [0.15, 0.2) is 0 Å². The standard InChI is InChI=1S/C13H22N2OS/c1-5-11(3)15(4)8-7-14-13(16)12-10(2)6-9-17-12/h6,9,11H,5,7-8H2,1-4H3,(H,14,16)/t11-/m1/s1. The number of amides is 1. The van der Waals surface area contributed by atoms with Gasteiger partial charge in [0.1, 0.15) is 0 Å². The third kappa shape index (κ3) is 4.13. The molecule has 0 unspecified atom stereocenters. The van der Waals surface area contributed by atoms with Crippen molar-refractivity contribution in [2.24, 2.45) is 0 Å². The van der Waals surface area contributed by atoms with Crippen molar-refractivity contribution in [1.29, 1.82) is 0 Å². The molecule has 1 N–H and O–H groups in total.